The summed E-state index contributed by atoms with van der Waals surface area (Å²) in [5.41, 5.74) is 2.05. The summed E-state index contributed by atoms with van der Waals surface area (Å²) in [4.78, 5) is 20.9. The maximum absolute atomic E-state index is 13.7. The number of benzene rings is 1. The van der Waals surface area contributed by atoms with Crippen molar-refractivity contribution in [3.8, 4) is 5.75 Å². The number of fused-ring (bicyclic) bond motifs is 1. The SMILES string of the molecule is COc1ccc(NC(=O)c2cnc3c(c2)ncn3C(C)C)cc1F. The number of nitrogens with zero attached hydrogens (tertiary/aromatic N) is 3. The molecule has 1 N–H and O–H groups in total. The van der Waals surface area contributed by atoms with Gasteiger partial charge in [-0.3, -0.25) is 4.79 Å². The topological polar surface area (TPSA) is 69.0 Å². The lowest BCUT2D eigenvalue weighted by Gasteiger charge is -2.08. The average Bonchev–Trinajstić information content (AvgIpc) is 2.98. The summed E-state index contributed by atoms with van der Waals surface area (Å²) in [6.07, 6.45) is 3.18. The lowest BCUT2D eigenvalue weighted by atomic mass is 10.2. The summed E-state index contributed by atoms with van der Waals surface area (Å²) in [7, 11) is 1.38. The van der Waals surface area contributed by atoms with E-state index in [0.29, 0.717) is 16.8 Å². The van der Waals surface area contributed by atoms with Crippen LogP contribution in [0.5, 0.6) is 5.75 Å². The minimum atomic E-state index is -0.542. The van der Waals surface area contributed by atoms with Gasteiger partial charge < -0.3 is 14.6 Å². The third-order valence-corrected chi connectivity index (χ3v) is 3.64. The van der Waals surface area contributed by atoms with E-state index < -0.39 is 5.82 Å². The summed E-state index contributed by atoms with van der Waals surface area (Å²) in [5, 5.41) is 2.64. The fourth-order valence-corrected chi connectivity index (χ4v) is 2.37. The predicted octanol–water partition coefficient (Wildman–Crippen LogP) is 3.41. The van der Waals surface area contributed by atoms with Crippen molar-refractivity contribution >= 4 is 22.8 Å². The van der Waals surface area contributed by atoms with Gasteiger partial charge in [-0.1, -0.05) is 0 Å². The molecule has 3 aromatic rings. The molecule has 0 atom stereocenters. The number of amides is 1. The first-order valence-corrected chi connectivity index (χ1v) is 7.47. The molecule has 2 aromatic heterocycles. The molecule has 1 aromatic carbocycles. The van der Waals surface area contributed by atoms with E-state index in [1.165, 1.54) is 25.4 Å². The normalized spacial score (nSPS) is 11.0. The van der Waals surface area contributed by atoms with Crippen molar-refractivity contribution in [2.75, 3.05) is 12.4 Å². The summed E-state index contributed by atoms with van der Waals surface area (Å²) < 4.78 is 20.5. The zero-order valence-electron chi connectivity index (χ0n) is 13.6. The maximum atomic E-state index is 13.7. The number of aromatic nitrogens is 3. The van der Waals surface area contributed by atoms with Crippen LogP contribution in [0.25, 0.3) is 11.2 Å². The molecule has 7 heteroatoms. The number of nitrogens with one attached hydrogen (secondary N) is 1. The van der Waals surface area contributed by atoms with Crippen LogP contribution in [0.1, 0.15) is 30.2 Å². The number of carbonyl (C=O) groups excluding carboxylic acids is 1. The summed E-state index contributed by atoms with van der Waals surface area (Å²) in [5.74, 6) is -0.803. The molecule has 0 aliphatic heterocycles. The quantitative estimate of drug-likeness (QED) is 0.797. The number of rotatable bonds is 4. The van der Waals surface area contributed by atoms with E-state index in [4.69, 9.17) is 4.74 Å². The smallest absolute Gasteiger partial charge is 0.257 e. The first kappa shape index (κ1) is 15.9. The lowest BCUT2D eigenvalue weighted by molar-refractivity contribution is 0.102. The van der Waals surface area contributed by atoms with Crippen LogP contribution < -0.4 is 10.1 Å². The Morgan fingerprint density at radius 3 is 2.75 bits per heavy atom. The Kier molecular flexibility index (Phi) is 4.16. The molecule has 6 nitrogen and oxygen atoms in total. The molecule has 0 spiro atoms. The summed E-state index contributed by atoms with van der Waals surface area (Å²) in [6, 6.07) is 6.12. The van der Waals surface area contributed by atoms with Crippen LogP contribution in [-0.4, -0.2) is 27.6 Å². The average molecular weight is 328 g/mol. The molecule has 2 heterocycles. The van der Waals surface area contributed by atoms with E-state index in [-0.39, 0.29) is 17.7 Å². The highest BCUT2D eigenvalue weighted by Crippen LogP contribution is 2.22. The second-order valence-electron chi connectivity index (χ2n) is 5.62. The molecule has 0 saturated heterocycles. The van der Waals surface area contributed by atoms with E-state index >= 15 is 0 Å². The molecule has 24 heavy (non-hydrogen) atoms. The minimum absolute atomic E-state index is 0.121. The van der Waals surface area contributed by atoms with Crippen molar-refractivity contribution in [1.29, 1.82) is 0 Å². The van der Waals surface area contributed by atoms with Crippen LogP contribution in [0.4, 0.5) is 10.1 Å². The minimum Gasteiger partial charge on any atom is -0.494 e. The van der Waals surface area contributed by atoms with Gasteiger partial charge in [0.1, 0.15) is 5.52 Å². The van der Waals surface area contributed by atoms with Gasteiger partial charge in [-0.2, -0.15) is 0 Å². The molecule has 3 rings (SSSR count). The van der Waals surface area contributed by atoms with Crippen molar-refractivity contribution in [2.24, 2.45) is 0 Å². The van der Waals surface area contributed by atoms with E-state index in [1.807, 2.05) is 18.4 Å². The molecule has 0 bridgehead atoms. The highest BCUT2D eigenvalue weighted by Gasteiger charge is 2.13. The van der Waals surface area contributed by atoms with E-state index in [9.17, 15) is 9.18 Å². The third kappa shape index (κ3) is 2.92. The van der Waals surface area contributed by atoms with Gasteiger partial charge in [0.2, 0.25) is 0 Å². The van der Waals surface area contributed by atoms with Gasteiger partial charge >= 0.3 is 0 Å². The number of ether oxygens (including phenoxy) is 1. The Morgan fingerprint density at radius 1 is 1.29 bits per heavy atom. The van der Waals surface area contributed by atoms with Crippen LogP contribution in [0, 0.1) is 5.82 Å². The molecule has 0 fully saturated rings. The molecule has 0 unspecified atom stereocenters. The molecule has 1 amide bonds. The van der Waals surface area contributed by atoms with Gasteiger partial charge in [0.15, 0.2) is 17.2 Å². The number of hydrogen-bond donors (Lipinski definition) is 1. The van der Waals surface area contributed by atoms with Gasteiger partial charge in [-0.05, 0) is 32.0 Å². The molecule has 0 aliphatic carbocycles. The number of carbonyl (C=O) groups is 1. The Bertz CT molecular complexity index is 905. The number of pyridine rings is 1. The number of hydrogen-bond acceptors (Lipinski definition) is 4. The molecule has 0 saturated carbocycles. The number of methoxy groups -OCH3 is 1. The summed E-state index contributed by atoms with van der Waals surface area (Å²) >= 11 is 0. The highest BCUT2D eigenvalue weighted by atomic mass is 19.1. The van der Waals surface area contributed by atoms with Crippen molar-refractivity contribution in [1.82, 2.24) is 14.5 Å². The largest absolute Gasteiger partial charge is 0.494 e. The Balaban J connectivity index is 1.85. The van der Waals surface area contributed by atoms with Crippen molar-refractivity contribution in [3.05, 3.63) is 48.2 Å². The number of halogens is 1. The predicted molar refractivity (Wildman–Crippen MR) is 88.8 cm³/mol. The van der Waals surface area contributed by atoms with Crippen molar-refractivity contribution in [3.63, 3.8) is 0 Å². The fourth-order valence-electron chi connectivity index (χ4n) is 2.37. The van der Waals surface area contributed by atoms with Gasteiger partial charge in [-0.15, -0.1) is 0 Å². The third-order valence-electron chi connectivity index (χ3n) is 3.64. The van der Waals surface area contributed by atoms with E-state index in [0.717, 1.165) is 5.65 Å². The van der Waals surface area contributed by atoms with Crippen molar-refractivity contribution in [2.45, 2.75) is 19.9 Å². The molecule has 124 valence electrons. The Hall–Kier alpha value is -2.96. The van der Waals surface area contributed by atoms with Gasteiger partial charge in [0, 0.05) is 24.0 Å². The standard InChI is InChI=1S/C17H17FN4O2/c1-10(2)22-9-20-14-6-11(8-19-16(14)22)17(23)21-12-4-5-15(24-3)13(18)7-12/h4-10H,1-3H3,(H,21,23). The maximum Gasteiger partial charge on any atom is 0.257 e. The van der Waals surface area contributed by atoms with Crippen LogP contribution in [0.15, 0.2) is 36.8 Å². The van der Waals surface area contributed by atoms with E-state index in [1.54, 1.807) is 18.5 Å². The first-order chi connectivity index (χ1) is 11.5. The lowest BCUT2D eigenvalue weighted by Crippen LogP contribution is -2.12. The van der Waals surface area contributed by atoms with E-state index in [2.05, 4.69) is 15.3 Å². The number of imidazole rings is 1. The van der Waals surface area contributed by atoms with Crippen LogP contribution >= 0.6 is 0 Å². The Labute approximate surface area is 138 Å². The highest BCUT2D eigenvalue weighted by molar-refractivity contribution is 6.05. The second-order valence-corrected chi connectivity index (χ2v) is 5.62. The van der Waals surface area contributed by atoms with Crippen LogP contribution in [0.2, 0.25) is 0 Å². The second kappa shape index (κ2) is 6.27. The zero-order valence-corrected chi connectivity index (χ0v) is 13.6. The fraction of sp³-hybridized carbons (Fsp3) is 0.235. The summed E-state index contributed by atoms with van der Waals surface area (Å²) in [6.45, 7) is 4.06. The first-order valence-electron chi connectivity index (χ1n) is 7.47. The van der Waals surface area contributed by atoms with Crippen molar-refractivity contribution < 1.29 is 13.9 Å². The van der Waals surface area contributed by atoms with Crippen LogP contribution in [-0.2, 0) is 0 Å². The van der Waals surface area contributed by atoms with Gasteiger partial charge in [0.25, 0.3) is 5.91 Å². The van der Waals surface area contributed by atoms with Gasteiger partial charge in [-0.25, -0.2) is 14.4 Å². The monoisotopic (exact) mass is 328 g/mol. The molecular formula is C17H17FN4O2. The molecular weight excluding hydrogens is 311 g/mol. The Morgan fingerprint density at radius 2 is 2.08 bits per heavy atom. The molecule has 0 radical (unpaired) electrons. The number of anilines is 1. The van der Waals surface area contributed by atoms with Gasteiger partial charge in [0.05, 0.1) is 19.0 Å². The zero-order chi connectivity index (χ0) is 17.3. The molecule has 0 aliphatic rings. The van der Waals surface area contributed by atoms with Crippen LogP contribution in [0.3, 0.4) is 0 Å².